The number of piperidine rings is 1. The molecule has 4 aliphatic rings. The fourth-order valence-corrected chi connectivity index (χ4v) is 7.13. The summed E-state index contributed by atoms with van der Waals surface area (Å²) in [6.45, 7) is 1.74. The van der Waals surface area contributed by atoms with E-state index in [0.717, 1.165) is 17.0 Å². The van der Waals surface area contributed by atoms with Crippen LogP contribution in [0.4, 0.5) is 27.6 Å². The average molecular weight is 724 g/mol. The van der Waals surface area contributed by atoms with Gasteiger partial charge in [0.15, 0.2) is 11.5 Å². The van der Waals surface area contributed by atoms with Crippen molar-refractivity contribution in [2.24, 2.45) is 24.8 Å². The molecule has 6 atom stereocenters. The van der Waals surface area contributed by atoms with Gasteiger partial charge in [0, 0.05) is 81.0 Å². The number of anilines is 1. The number of nitrogens with one attached hydrogen (secondary N) is 4. The highest BCUT2D eigenvalue weighted by Crippen LogP contribution is 2.53. The second-order valence-electron chi connectivity index (χ2n) is 13.2. The number of hydrogen-bond acceptors (Lipinski definition) is 8. The normalized spacial score (nSPS) is 26.4. The number of alkyl halides is 5. The molecule has 4 fully saturated rings. The minimum Gasteiger partial charge on any atom is -0.391 e. The molecule has 3 amide bonds. The van der Waals surface area contributed by atoms with Crippen molar-refractivity contribution in [2.75, 3.05) is 31.5 Å². The zero-order valence-electron chi connectivity index (χ0n) is 26.3. The summed E-state index contributed by atoms with van der Waals surface area (Å²) >= 11 is 6.39. The average Bonchev–Trinajstić information content (AvgIpc) is 3.49. The van der Waals surface area contributed by atoms with Gasteiger partial charge >= 0.3 is 6.18 Å². The second-order valence-corrected chi connectivity index (χ2v) is 13.6. The molecule has 2 aliphatic heterocycles. The molecule has 1 aromatic carbocycles. The van der Waals surface area contributed by atoms with Crippen molar-refractivity contribution in [1.29, 1.82) is 5.41 Å². The number of amides is 3. The third-order valence-electron chi connectivity index (χ3n) is 9.87. The van der Waals surface area contributed by atoms with Crippen molar-refractivity contribution in [1.82, 2.24) is 34.9 Å². The lowest BCUT2D eigenvalue weighted by atomic mass is 9.97. The lowest BCUT2D eigenvalue weighted by Crippen LogP contribution is -2.39. The number of halogens is 6. The van der Waals surface area contributed by atoms with Crippen molar-refractivity contribution in [3.05, 3.63) is 52.7 Å². The summed E-state index contributed by atoms with van der Waals surface area (Å²) in [6, 6.07) is 2.51. The summed E-state index contributed by atoms with van der Waals surface area (Å²) in [5.41, 5.74) is -1.55. The summed E-state index contributed by atoms with van der Waals surface area (Å²) in [5.74, 6) is -5.13. The Hall–Kier alpha value is -4.42. The number of benzene rings is 1. The van der Waals surface area contributed by atoms with Gasteiger partial charge in [-0.2, -0.15) is 18.3 Å². The molecular formula is C31H31ClF5N9O4. The Balaban J connectivity index is 0.950. The number of carbonyl (C=O) groups excluding carboxylic acids is 3. The molecule has 266 valence electrons. The first kappa shape index (κ1) is 34.0. The van der Waals surface area contributed by atoms with Crippen molar-refractivity contribution in [3.8, 4) is 11.3 Å². The summed E-state index contributed by atoms with van der Waals surface area (Å²) in [4.78, 5) is 44.5. The Morgan fingerprint density at radius 2 is 1.86 bits per heavy atom. The number of imidazole rings is 1. The first-order valence-electron chi connectivity index (χ1n) is 15.8. The highest BCUT2D eigenvalue weighted by Gasteiger charge is 2.60. The molecule has 2 aliphatic carbocycles. The van der Waals surface area contributed by atoms with E-state index in [1.54, 1.807) is 4.90 Å². The van der Waals surface area contributed by atoms with E-state index < -0.39 is 53.7 Å². The van der Waals surface area contributed by atoms with E-state index >= 15 is 0 Å². The van der Waals surface area contributed by atoms with Crippen LogP contribution in [-0.2, 0) is 18.0 Å². The van der Waals surface area contributed by atoms with Gasteiger partial charge in [0.1, 0.15) is 6.04 Å². The number of nitrogens with zero attached hydrogens (tertiary/aromatic N) is 5. The van der Waals surface area contributed by atoms with Crippen LogP contribution in [0.3, 0.4) is 0 Å². The van der Waals surface area contributed by atoms with E-state index in [1.165, 1.54) is 25.2 Å². The number of fused-ring (bicyclic) bond motifs is 1. The van der Waals surface area contributed by atoms with Crippen LogP contribution in [0.2, 0.25) is 5.02 Å². The van der Waals surface area contributed by atoms with Crippen molar-refractivity contribution >= 4 is 40.7 Å². The number of carbonyl (C=O) groups is 3. The van der Waals surface area contributed by atoms with Crippen LogP contribution in [0, 0.1) is 23.2 Å². The van der Waals surface area contributed by atoms with Gasteiger partial charge in [-0.05, 0) is 18.2 Å². The summed E-state index contributed by atoms with van der Waals surface area (Å²) in [6.07, 6.45) is -4.43. The van der Waals surface area contributed by atoms with Crippen LogP contribution >= 0.6 is 11.6 Å². The maximum atomic E-state index is 13.8. The predicted octanol–water partition coefficient (Wildman–Crippen LogP) is 2.96. The topological polar surface area (TPSA) is 170 Å². The van der Waals surface area contributed by atoms with E-state index in [4.69, 9.17) is 17.0 Å². The Bertz CT molecular complexity index is 1900. The SMILES string of the molecule is Cn1c(-c2cn([C@@H]3CC3(F)F)nc2C(F)(F)F)cnc1C(=O)Nc1ccc(C(=O)NC2[C@H]3CN(C(=O)CC(=N)[C@H]4CNC[C@@H]4O)C[C@@H]23)c(Cl)c1. The zero-order chi connectivity index (χ0) is 35.9. The van der Waals surface area contributed by atoms with Gasteiger partial charge in [-0.25, -0.2) is 13.8 Å². The van der Waals surface area contributed by atoms with Crippen LogP contribution in [0.1, 0.15) is 45.6 Å². The lowest BCUT2D eigenvalue weighted by Gasteiger charge is -2.22. The molecule has 2 aromatic heterocycles. The number of aromatic nitrogens is 4. The third kappa shape index (κ3) is 6.23. The van der Waals surface area contributed by atoms with Crippen LogP contribution in [0.5, 0.6) is 0 Å². The minimum atomic E-state index is -4.95. The van der Waals surface area contributed by atoms with Crippen LogP contribution in [-0.4, -0.2) is 97.0 Å². The van der Waals surface area contributed by atoms with Gasteiger partial charge in [-0.1, -0.05) is 11.6 Å². The standard InChI is InChI=1S/C31H31ClF5N9O4/c1-44-21(18-12-46(23-6-30(23,33)34)43-26(18)31(35,36)37)8-40-27(44)29(50)41-13-2-3-14(19(32)4-13)28(49)42-25-16-10-45(11-17(16)25)24(48)5-20(38)15-7-39-9-22(15)47/h2-4,8,12,15-17,22-23,25,38-39,47H,5-7,9-11H2,1H3,(H,41,50)(H,42,49)/t15-,16-,17+,22+,23-,25?/m1/s1. The molecule has 0 radical (unpaired) electrons. The number of rotatable bonds is 9. The molecule has 50 heavy (non-hydrogen) atoms. The molecule has 1 unspecified atom stereocenters. The quantitative estimate of drug-likeness (QED) is 0.167. The molecule has 7 rings (SSSR count). The first-order chi connectivity index (χ1) is 23.5. The van der Waals surface area contributed by atoms with Crippen LogP contribution < -0.4 is 16.0 Å². The highest BCUT2D eigenvalue weighted by molar-refractivity contribution is 6.34. The van der Waals surface area contributed by atoms with Gasteiger partial charge in [0.25, 0.3) is 17.7 Å². The van der Waals surface area contributed by atoms with Gasteiger partial charge in [-0.3, -0.25) is 19.1 Å². The van der Waals surface area contributed by atoms with E-state index in [1.807, 2.05) is 0 Å². The van der Waals surface area contributed by atoms with E-state index in [0.29, 0.717) is 30.9 Å². The summed E-state index contributed by atoms with van der Waals surface area (Å²) in [7, 11) is 1.30. The molecule has 2 saturated heterocycles. The number of aliphatic hydroxyl groups is 1. The molecule has 2 saturated carbocycles. The van der Waals surface area contributed by atoms with E-state index in [2.05, 4.69) is 26.0 Å². The third-order valence-corrected chi connectivity index (χ3v) is 10.2. The summed E-state index contributed by atoms with van der Waals surface area (Å²) in [5, 5.41) is 30.1. The van der Waals surface area contributed by atoms with Gasteiger partial charge in [-0.15, -0.1) is 0 Å². The van der Waals surface area contributed by atoms with Crippen molar-refractivity contribution < 1.29 is 41.4 Å². The molecule has 0 bridgehead atoms. The lowest BCUT2D eigenvalue weighted by molar-refractivity contribution is -0.141. The predicted molar refractivity (Wildman–Crippen MR) is 167 cm³/mol. The molecule has 5 N–H and O–H groups in total. The van der Waals surface area contributed by atoms with Gasteiger partial charge in [0.05, 0.1) is 40.6 Å². The van der Waals surface area contributed by atoms with E-state index in [9.17, 15) is 41.4 Å². The molecule has 0 spiro atoms. The van der Waals surface area contributed by atoms with Gasteiger partial charge < -0.3 is 35.9 Å². The van der Waals surface area contributed by atoms with Crippen LogP contribution in [0.15, 0.2) is 30.6 Å². The van der Waals surface area contributed by atoms with Crippen LogP contribution in [0.25, 0.3) is 11.3 Å². The van der Waals surface area contributed by atoms with Crippen molar-refractivity contribution in [2.45, 2.75) is 43.1 Å². The van der Waals surface area contributed by atoms with Crippen molar-refractivity contribution in [3.63, 3.8) is 0 Å². The Morgan fingerprint density at radius 3 is 2.46 bits per heavy atom. The maximum Gasteiger partial charge on any atom is 0.435 e. The molecule has 13 nitrogen and oxygen atoms in total. The smallest absolute Gasteiger partial charge is 0.391 e. The highest BCUT2D eigenvalue weighted by atomic mass is 35.5. The Labute approximate surface area is 285 Å². The minimum absolute atomic E-state index is 0.0182. The molecule has 3 aromatic rings. The fraction of sp³-hybridized carbons (Fsp3) is 0.484. The monoisotopic (exact) mass is 723 g/mol. The Kier molecular flexibility index (Phi) is 8.25. The zero-order valence-corrected chi connectivity index (χ0v) is 27.0. The molecule has 4 heterocycles. The summed E-state index contributed by atoms with van der Waals surface area (Å²) < 4.78 is 70.1. The van der Waals surface area contributed by atoms with Gasteiger partial charge in [0.2, 0.25) is 5.91 Å². The molecular weight excluding hydrogens is 693 g/mol. The Morgan fingerprint density at radius 1 is 1.16 bits per heavy atom. The number of β-amino-alcohol motifs (C(OH)–C–C–N with tert-alkyl or cyclic N) is 1. The number of aliphatic hydroxyl groups excluding tert-OH is 1. The fourth-order valence-electron chi connectivity index (χ4n) is 6.87. The largest absolute Gasteiger partial charge is 0.435 e. The number of hydrogen-bond donors (Lipinski definition) is 5. The second kappa shape index (κ2) is 12.1. The molecule has 19 heteroatoms. The maximum absolute atomic E-state index is 13.8. The first-order valence-corrected chi connectivity index (χ1v) is 16.1. The number of likely N-dealkylation sites (tertiary alicyclic amines) is 1. The van der Waals surface area contributed by atoms with E-state index in [-0.39, 0.29) is 69.6 Å².